The second-order valence-corrected chi connectivity index (χ2v) is 5.25. The largest absolute Gasteiger partial charge is 0.497 e. The molecule has 0 saturated carbocycles. The summed E-state index contributed by atoms with van der Waals surface area (Å²) in [5.74, 6) is 1.92. The molecule has 2 rings (SSSR count). The molecule has 5 heteroatoms. The Morgan fingerprint density at radius 1 is 0.857 bits per heavy atom. The van der Waals surface area contributed by atoms with Crippen molar-refractivity contribution in [2.24, 2.45) is 0 Å². The van der Waals surface area contributed by atoms with Crippen LogP contribution < -0.4 is 14.2 Å². The van der Waals surface area contributed by atoms with Crippen LogP contribution in [0.25, 0.3) is 0 Å². The first-order chi connectivity index (χ1) is 10.1. The van der Waals surface area contributed by atoms with E-state index in [1.807, 2.05) is 12.1 Å². The number of methoxy groups -OCH3 is 3. The summed E-state index contributed by atoms with van der Waals surface area (Å²) in [5, 5.41) is 10.7. The highest BCUT2D eigenvalue weighted by Gasteiger charge is 2.19. The summed E-state index contributed by atoms with van der Waals surface area (Å²) in [4.78, 5) is 0. The van der Waals surface area contributed by atoms with E-state index in [2.05, 4.69) is 15.9 Å². The van der Waals surface area contributed by atoms with Crippen LogP contribution in [0.15, 0.2) is 40.9 Å². The average Bonchev–Trinajstić information content (AvgIpc) is 2.54. The van der Waals surface area contributed by atoms with E-state index in [-0.39, 0.29) is 0 Å². The van der Waals surface area contributed by atoms with Gasteiger partial charge in [0.1, 0.15) is 23.4 Å². The maximum Gasteiger partial charge on any atom is 0.128 e. The number of hydrogen-bond acceptors (Lipinski definition) is 4. The standard InChI is InChI=1S/C16H17BrO4/c1-19-10-5-7-14(17)13(8-10)16(18)12-6-4-11(20-2)9-15(12)21-3/h4-9,16,18H,1-3H3. The zero-order valence-corrected chi connectivity index (χ0v) is 13.7. The molecule has 4 nitrogen and oxygen atoms in total. The van der Waals surface area contributed by atoms with Gasteiger partial charge in [0.15, 0.2) is 0 Å². The summed E-state index contributed by atoms with van der Waals surface area (Å²) in [5.41, 5.74) is 1.37. The van der Waals surface area contributed by atoms with Crippen molar-refractivity contribution in [1.29, 1.82) is 0 Å². The fraction of sp³-hybridized carbons (Fsp3) is 0.250. The van der Waals surface area contributed by atoms with Crippen LogP contribution in [-0.2, 0) is 0 Å². The number of aliphatic hydroxyl groups excluding tert-OH is 1. The molecule has 2 aromatic carbocycles. The topological polar surface area (TPSA) is 47.9 Å². The van der Waals surface area contributed by atoms with Crippen LogP contribution in [0.2, 0.25) is 0 Å². The van der Waals surface area contributed by atoms with E-state index in [0.29, 0.717) is 28.4 Å². The molecule has 2 aromatic rings. The fourth-order valence-electron chi connectivity index (χ4n) is 2.07. The van der Waals surface area contributed by atoms with Gasteiger partial charge in [-0.2, -0.15) is 0 Å². The fourth-order valence-corrected chi connectivity index (χ4v) is 2.53. The lowest BCUT2D eigenvalue weighted by atomic mass is 10.00. The van der Waals surface area contributed by atoms with E-state index in [1.54, 1.807) is 45.6 Å². The van der Waals surface area contributed by atoms with Crippen LogP contribution in [0.3, 0.4) is 0 Å². The minimum atomic E-state index is -0.838. The van der Waals surface area contributed by atoms with E-state index in [9.17, 15) is 5.11 Å². The SMILES string of the molecule is COc1ccc(C(O)c2cc(OC)ccc2Br)c(OC)c1. The predicted octanol–water partition coefficient (Wildman–Crippen LogP) is 3.56. The highest BCUT2D eigenvalue weighted by Crippen LogP contribution is 2.37. The van der Waals surface area contributed by atoms with Gasteiger partial charge in [0.2, 0.25) is 0 Å². The normalized spacial score (nSPS) is 11.9. The number of ether oxygens (including phenoxy) is 3. The number of benzene rings is 2. The van der Waals surface area contributed by atoms with Crippen molar-refractivity contribution in [2.75, 3.05) is 21.3 Å². The molecule has 0 bridgehead atoms. The third-order valence-corrected chi connectivity index (χ3v) is 3.96. The molecule has 0 saturated heterocycles. The number of hydrogen-bond donors (Lipinski definition) is 1. The Morgan fingerprint density at radius 3 is 2.10 bits per heavy atom. The molecule has 0 fully saturated rings. The number of halogens is 1. The molecule has 0 aromatic heterocycles. The predicted molar refractivity (Wildman–Crippen MR) is 84.3 cm³/mol. The molecule has 0 radical (unpaired) electrons. The second-order valence-electron chi connectivity index (χ2n) is 4.40. The molecule has 0 aliphatic rings. The third kappa shape index (κ3) is 3.31. The van der Waals surface area contributed by atoms with Gasteiger partial charge in [-0.25, -0.2) is 0 Å². The maximum absolute atomic E-state index is 10.7. The van der Waals surface area contributed by atoms with Crippen LogP contribution in [-0.4, -0.2) is 26.4 Å². The molecular formula is C16H17BrO4. The van der Waals surface area contributed by atoms with Crippen LogP contribution >= 0.6 is 15.9 Å². The summed E-state index contributed by atoms with van der Waals surface area (Å²) in [6, 6.07) is 10.8. The van der Waals surface area contributed by atoms with Gasteiger partial charge < -0.3 is 19.3 Å². The van der Waals surface area contributed by atoms with E-state index in [0.717, 1.165) is 4.47 Å². The van der Waals surface area contributed by atoms with E-state index >= 15 is 0 Å². The Hall–Kier alpha value is -1.72. The Balaban J connectivity index is 2.46. The van der Waals surface area contributed by atoms with E-state index < -0.39 is 6.10 Å². The van der Waals surface area contributed by atoms with Crippen LogP contribution in [0.1, 0.15) is 17.2 Å². The van der Waals surface area contributed by atoms with Crippen molar-refractivity contribution in [3.8, 4) is 17.2 Å². The first kappa shape index (κ1) is 15.7. The molecule has 1 unspecified atom stereocenters. The lowest BCUT2D eigenvalue weighted by Gasteiger charge is -2.18. The van der Waals surface area contributed by atoms with Gasteiger partial charge >= 0.3 is 0 Å². The van der Waals surface area contributed by atoms with Crippen molar-refractivity contribution < 1.29 is 19.3 Å². The van der Waals surface area contributed by atoms with Gasteiger partial charge in [-0.05, 0) is 30.3 Å². The Morgan fingerprint density at radius 2 is 1.48 bits per heavy atom. The van der Waals surface area contributed by atoms with Crippen molar-refractivity contribution >= 4 is 15.9 Å². The molecular weight excluding hydrogens is 336 g/mol. The van der Waals surface area contributed by atoms with Crippen LogP contribution in [0.5, 0.6) is 17.2 Å². The summed E-state index contributed by atoms with van der Waals surface area (Å²) >= 11 is 3.45. The smallest absolute Gasteiger partial charge is 0.128 e. The van der Waals surface area contributed by atoms with Gasteiger partial charge in [-0.1, -0.05) is 15.9 Å². The Kier molecular flexibility index (Phi) is 5.09. The van der Waals surface area contributed by atoms with Crippen LogP contribution in [0, 0.1) is 0 Å². The molecule has 1 atom stereocenters. The lowest BCUT2D eigenvalue weighted by molar-refractivity contribution is 0.213. The van der Waals surface area contributed by atoms with Gasteiger partial charge in [0.05, 0.1) is 21.3 Å². The monoisotopic (exact) mass is 352 g/mol. The summed E-state index contributed by atoms with van der Waals surface area (Å²) < 4.78 is 16.5. The molecule has 112 valence electrons. The quantitative estimate of drug-likeness (QED) is 0.893. The number of aliphatic hydroxyl groups is 1. The van der Waals surface area contributed by atoms with E-state index in [1.165, 1.54) is 0 Å². The third-order valence-electron chi connectivity index (χ3n) is 3.23. The highest BCUT2D eigenvalue weighted by atomic mass is 79.9. The molecule has 0 heterocycles. The van der Waals surface area contributed by atoms with Gasteiger partial charge in [0.25, 0.3) is 0 Å². The summed E-state index contributed by atoms with van der Waals surface area (Å²) in [7, 11) is 4.74. The molecule has 1 N–H and O–H groups in total. The number of rotatable bonds is 5. The highest BCUT2D eigenvalue weighted by molar-refractivity contribution is 9.10. The molecule has 21 heavy (non-hydrogen) atoms. The zero-order chi connectivity index (χ0) is 15.4. The van der Waals surface area contributed by atoms with Gasteiger partial charge in [-0.15, -0.1) is 0 Å². The lowest BCUT2D eigenvalue weighted by Crippen LogP contribution is -2.04. The van der Waals surface area contributed by atoms with Gasteiger partial charge in [0, 0.05) is 21.7 Å². The van der Waals surface area contributed by atoms with Crippen molar-refractivity contribution in [1.82, 2.24) is 0 Å². The zero-order valence-electron chi connectivity index (χ0n) is 12.1. The first-order valence-electron chi connectivity index (χ1n) is 6.34. The summed E-state index contributed by atoms with van der Waals surface area (Å²) in [6.07, 6.45) is -0.838. The molecule has 0 aliphatic heterocycles. The Bertz CT molecular complexity index is 628. The van der Waals surface area contributed by atoms with Crippen molar-refractivity contribution in [3.05, 3.63) is 52.0 Å². The van der Waals surface area contributed by atoms with Crippen molar-refractivity contribution in [3.63, 3.8) is 0 Å². The minimum absolute atomic E-state index is 0.566. The molecule has 0 aliphatic carbocycles. The second kappa shape index (κ2) is 6.83. The minimum Gasteiger partial charge on any atom is -0.497 e. The molecule has 0 amide bonds. The Labute approximate surface area is 132 Å². The van der Waals surface area contributed by atoms with E-state index in [4.69, 9.17) is 14.2 Å². The maximum atomic E-state index is 10.7. The van der Waals surface area contributed by atoms with Gasteiger partial charge in [-0.3, -0.25) is 0 Å². The molecule has 0 spiro atoms. The van der Waals surface area contributed by atoms with Crippen LogP contribution in [0.4, 0.5) is 0 Å². The summed E-state index contributed by atoms with van der Waals surface area (Å²) in [6.45, 7) is 0. The van der Waals surface area contributed by atoms with Crippen molar-refractivity contribution in [2.45, 2.75) is 6.10 Å². The first-order valence-corrected chi connectivity index (χ1v) is 7.13. The average molecular weight is 353 g/mol.